The summed E-state index contributed by atoms with van der Waals surface area (Å²) in [5.74, 6) is -3.39. The molecule has 0 atom stereocenters. The van der Waals surface area contributed by atoms with Gasteiger partial charge in [-0.05, 0) is 127 Å². The zero-order chi connectivity index (χ0) is 106. The van der Waals surface area contributed by atoms with Gasteiger partial charge in [-0.15, -0.1) is 0 Å². The number of ether oxygens (including phenoxy) is 8. The van der Waals surface area contributed by atoms with E-state index in [1.807, 2.05) is 132 Å². The minimum absolute atomic E-state index is 0. The number of rotatable bonds is 34. The monoisotopic (exact) mass is 2060 g/mol. The number of nitro groups is 4. The highest BCUT2D eigenvalue weighted by Gasteiger charge is 2.38. The fraction of sp³-hybridized carbons (Fsp3) is 0.510. The van der Waals surface area contributed by atoms with Gasteiger partial charge >= 0.3 is 49.0 Å². The highest BCUT2D eigenvalue weighted by molar-refractivity contribution is 5.71. The van der Waals surface area contributed by atoms with Crippen LogP contribution in [0.3, 0.4) is 0 Å². The molecule has 0 heterocycles. The van der Waals surface area contributed by atoms with E-state index in [0.29, 0.717) is 61.8 Å². The van der Waals surface area contributed by atoms with Gasteiger partial charge in [-0.25, -0.2) is 9.59 Å². The molecule has 2 aliphatic rings. The number of carboxylic acids is 2. The van der Waals surface area contributed by atoms with E-state index in [1.165, 1.54) is 0 Å². The lowest BCUT2D eigenvalue weighted by Gasteiger charge is -2.29. The van der Waals surface area contributed by atoms with E-state index < -0.39 is 253 Å². The summed E-state index contributed by atoms with van der Waals surface area (Å²) in [5, 5.41) is 69.6. The molecule has 0 spiro atoms. The summed E-state index contributed by atoms with van der Waals surface area (Å²) in [4.78, 5) is 70.5. The molecule has 0 radical (unpaired) electrons. The number of fused-ring (bicyclic) bond motifs is 16. The van der Waals surface area contributed by atoms with Crippen LogP contribution in [0.15, 0.2) is 97.1 Å². The summed E-state index contributed by atoms with van der Waals surface area (Å²) in [5.41, 5.74) is 0.525. The predicted octanol–water partition coefficient (Wildman–Crippen LogP) is 28.1. The molecule has 10 rings (SSSR count). The van der Waals surface area contributed by atoms with Crippen LogP contribution >= 0.6 is 0 Å². The summed E-state index contributed by atoms with van der Waals surface area (Å²) in [6.45, 7) is 19.1. The van der Waals surface area contributed by atoms with Crippen molar-refractivity contribution in [1.29, 1.82) is 0 Å². The fourth-order valence-corrected chi connectivity index (χ4v) is 16.3. The highest BCUT2D eigenvalue weighted by Crippen LogP contribution is 2.50. The Morgan fingerprint density at radius 3 is 0.465 bits per heavy atom. The average Bonchev–Trinajstić information content (AvgIpc) is 0.750. The van der Waals surface area contributed by atoms with Crippen molar-refractivity contribution in [1.82, 2.24) is 0 Å². The SMILES string of the molecule is C.C.CC(C)(C)c1cc2c(OCCCC(F)(F)F)c(c1)Cc1cc(C(C)(C)C)cc(c1OCCCC(F)(F)F)Cc1cc(C(C)(C)C)cc(c1OCC(=O)O)Cc1cc(C(C)(C)C)cc(c1OCCCC(F)(F)F)C2.O=C(O)COc1c2cc([N+](=O)[O-])cc1Cc1cc([N+](=O)[O-])cc(c1OCCCC(F)(F)F)Cc1cc([N+](=O)[O-])cc(c1OCCCC(F)(F)F)Cc1cc([N+](=O)[O-])cc(c1OCCCC(F)(F)F)C2. The van der Waals surface area contributed by atoms with Crippen molar-refractivity contribution in [3.05, 3.63) is 249 Å². The van der Waals surface area contributed by atoms with E-state index in [4.69, 9.17) is 37.9 Å². The van der Waals surface area contributed by atoms with Gasteiger partial charge < -0.3 is 48.1 Å². The van der Waals surface area contributed by atoms with Crippen molar-refractivity contribution in [2.24, 2.45) is 0 Å². The third kappa shape index (κ3) is 35.4. The number of carboxylic acid groups (broad SMARTS) is 2. The number of carbonyl (C=O) groups is 2. The maximum atomic E-state index is 13.6. The number of non-ortho nitro benzene ring substituents is 4. The molecule has 792 valence electrons. The van der Waals surface area contributed by atoms with Crippen LogP contribution in [0.5, 0.6) is 46.0 Å². The molecule has 0 saturated carbocycles. The highest BCUT2D eigenvalue weighted by atomic mass is 19.4. The molecule has 144 heavy (non-hydrogen) atoms. The normalized spacial score (nSPS) is 13.2. The number of hydrogen-bond donors (Lipinski definition) is 2. The quantitative estimate of drug-likeness (QED) is 0.0164. The number of benzene rings is 8. The topological polar surface area (TPSA) is 321 Å². The van der Waals surface area contributed by atoms with Crippen LogP contribution in [-0.4, -0.2) is 132 Å². The minimum Gasteiger partial charge on any atom is -0.493 e. The van der Waals surface area contributed by atoms with Gasteiger partial charge in [-0.1, -0.05) is 146 Å². The zero-order valence-corrected chi connectivity index (χ0v) is 79.9. The predicted molar refractivity (Wildman–Crippen MR) is 500 cm³/mol. The molecule has 0 amide bonds. The van der Waals surface area contributed by atoms with Gasteiger partial charge in [0.1, 0.15) is 46.0 Å². The molecular weight excluding hydrogens is 1940 g/mol. The summed E-state index contributed by atoms with van der Waals surface area (Å²) in [6, 6.07) is 22.4. The van der Waals surface area contributed by atoms with Crippen molar-refractivity contribution in [3.8, 4) is 46.0 Å². The van der Waals surface area contributed by atoms with Crippen LogP contribution in [0.25, 0.3) is 0 Å². The molecule has 0 saturated heterocycles. The fourth-order valence-electron chi connectivity index (χ4n) is 16.3. The second-order valence-corrected chi connectivity index (χ2v) is 39.1. The van der Waals surface area contributed by atoms with E-state index in [1.54, 1.807) is 0 Å². The van der Waals surface area contributed by atoms with Gasteiger partial charge in [0.2, 0.25) is 0 Å². The van der Waals surface area contributed by atoms with Gasteiger partial charge in [-0.2, -0.15) is 79.0 Å². The maximum Gasteiger partial charge on any atom is 0.389 e. The van der Waals surface area contributed by atoms with Crippen molar-refractivity contribution in [2.45, 2.75) is 285 Å². The number of alkyl halides is 18. The Hall–Kier alpha value is -12.6. The lowest BCUT2D eigenvalue weighted by molar-refractivity contribution is -0.385. The summed E-state index contributed by atoms with van der Waals surface area (Å²) < 4.78 is 291. The molecule has 0 aliphatic heterocycles. The van der Waals surface area contributed by atoms with Crippen molar-refractivity contribution < 1.29 is 156 Å². The Kier molecular flexibility index (Phi) is 39.4. The third-order valence-electron chi connectivity index (χ3n) is 23.0. The van der Waals surface area contributed by atoms with E-state index in [2.05, 4.69) is 0 Å². The van der Waals surface area contributed by atoms with E-state index in [0.717, 1.165) is 70.8 Å². The molecule has 0 fully saturated rings. The van der Waals surface area contributed by atoms with E-state index in [-0.39, 0.29) is 130 Å². The lowest BCUT2D eigenvalue weighted by Crippen LogP contribution is -2.19. The summed E-state index contributed by atoms with van der Waals surface area (Å²) in [6.07, 6.45) is -40.8. The number of nitro benzene ring substituents is 4. The number of nitrogens with zero attached hydrogens (tertiary/aromatic N) is 4. The van der Waals surface area contributed by atoms with Crippen LogP contribution in [0.2, 0.25) is 0 Å². The first kappa shape index (κ1) is 118. The second-order valence-electron chi connectivity index (χ2n) is 39.1. The molecule has 42 heteroatoms. The largest absolute Gasteiger partial charge is 0.493 e. The Morgan fingerprint density at radius 2 is 0.361 bits per heavy atom. The molecule has 24 nitrogen and oxygen atoms in total. The molecule has 8 aromatic carbocycles. The van der Waals surface area contributed by atoms with Gasteiger partial charge in [0.25, 0.3) is 22.7 Å². The number of hydrogen-bond acceptors (Lipinski definition) is 18. The first-order valence-electron chi connectivity index (χ1n) is 45.3. The molecule has 8 aromatic rings. The number of halogens is 18. The van der Waals surface area contributed by atoms with E-state index in [9.17, 15) is 139 Å². The standard InChI is InChI=1S/C58H73F9O6.C42H37F9N4O14.2CH4/c1-52(2,3)43-26-35-22-37-28-44(53(4,5)6)30-39(49(37)71-20-14-17-57(62,63)64)24-41-32-46(55(10,11)12)33-42(51(41)73-34-47(68)69)25-40-31-45(54(7,8)9)29-38(50(40)72-21-15-18-58(65,66)67)23-36(27-43)48(35)70-19-13-16-56(59,60)61;43-40(44,45)4-1-7-66-36-23-10-25-16-32(53(60)61)18-27(37(25)67-8-2-5-41(46,47)48)12-29-20-34(55(64)65)21-30(39(29)69-22-35(56)57)13-28-19-33(54(62)63)17-26(11-24(36)15-31(14-23)52(58)59)38(28)68-9-3-6-42(49,50)51;;/h26-33H,13-25,34H2,1-12H3,(H,68,69);14-21H,1-13,22H2,(H,56,57);2*1H4. The third-order valence-corrected chi connectivity index (χ3v) is 23.0. The summed E-state index contributed by atoms with van der Waals surface area (Å²) in [7, 11) is 0. The van der Waals surface area contributed by atoms with Gasteiger partial charge in [0.05, 0.1) is 59.3 Å². The first-order chi connectivity index (χ1) is 65.5. The molecule has 2 N–H and O–H groups in total. The lowest BCUT2D eigenvalue weighted by atomic mass is 9.79. The van der Waals surface area contributed by atoms with Gasteiger partial charge in [0, 0.05) is 183 Å². The second kappa shape index (κ2) is 48.0. The van der Waals surface area contributed by atoms with Gasteiger partial charge in [-0.3, -0.25) is 40.5 Å². The van der Waals surface area contributed by atoms with Crippen LogP contribution in [-0.2, 0) is 82.6 Å². The minimum atomic E-state index is -4.69. The molecule has 2 aliphatic carbocycles. The molecular formula is C102H118F18N4O20. The smallest absolute Gasteiger partial charge is 0.389 e. The van der Waals surface area contributed by atoms with E-state index >= 15 is 0 Å². The number of aliphatic carboxylic acids is 2. The average molecular weight is 2060 g/mol. The molecule has 0 aromatic heterocycles. The van der Waals surface area contributed by atoms with Crippen molar-refractivity contribution >= 4 is 34.7 Å². The first-order valence-corrected chi connectivity index (χ1v) is 45.3. The van der Waals surface area contributed by atoms with Crippen LogP contribution in [0.4, 0.5) is 102 Å². The van der Waals surface area contributed by atoms with Crippen LogP contribution < -0.4 is 37.9 Å². The Morgan fingerprint density at radius 1 is 0.243 bits per heavy atom. The van der Waals surface area contributed by atoms with Gasteiger partial charge in [0.15, 0.2) is 13.2 Å². The van der Waals surface area contributed by atoms with Crippen LogP contribution in [0.1, 0.15) is 286 Å². The Labute approximate surface area is 820 Å². The Bertz CT molecular complexity index is 5630. The molecule has 0 unspecified atom stereocenters. The van der Waals surface area contributed by atoms with Crippen molar-refractivity contribution in [2.75, 3.05) is 52.9 Å². The molecule has 16 bridgehead atoms. The maximum absolute atomic E-state index is 13.6. The zero-order valence-electron chi connectivity index (χ0n) is 79.9. The summed E-state index contributed by atoms with van der Waals surface area (Å²) >= 11 is 0. The Balaban J connectivity index is 0.000000386. The van der Waals surface area contributed by atoms with Crippen molar-refractivity contribution in [3.63, 3.8) is 0 Å². The van der Waals surface area contributed by atoms with Crippen LogP contribution in [0, 0.1) is 40.5 Å².